The van der Waals surface area contributed by atoms with Crippen LogP contribution in [0, 0.1) is 6.92 Å². The quantitative estimate of drug-likeness (QED) is 0.679. The molecule has 6 heteroatoms. The van der Waals surface area contributed by atoms with E-state index in [0.717, 1.165) is 33.6 Å². The van der Waals surface area contributed by atoms with Crippen molar-refractivity contribution >= 4 is 5.95 Å². The summed E-state index contributed by atoms with van der Waals surface area (Å²) in [7, 11) is 0. The van der Waals surface area contributed by atoms with Gasteiger partial charge in [-0.25, -0.2) is 9.97 Å². The Hall–Kier alpha value is -2.73. The third kappa shape index (κ3) is 2.36. The molecule has 0 aliphatic rings. The van der Waals surface area contributed by atoms with Crippen molar-refractivity contribution in [1.29, 1.82) is 0 Å². The highest BCUT2D eigenvalue weighted by atomic mass is 15.1. The molecule has 0 unspecified atom stereocenters. The number of aromatic amines is 1. The Morgan fingerprint density at radius 3 is 2.57 bits per heavy atom. The van der Waals surface area contributed by atoms with Crippen LogP contribution in [0.5, 0.6) is 0 Å². The number of nitrogens with zero attached hydrogens (tertiary/aromatic N) is 3. The third-order valence-corrected chi connectivity index (χ3v) is 3.40. The van der Waals surface area contributed by atoms with Crippen molar-refractivity contribution in [3.63, 3.8) is 0 Å². The molecule has 0 bridgehead atoms. The van der Waals surface area contributed by atoms with Crippen LogP contribution in [-0.2, 0) is 6.54 Å². The highest BCUT2D eigenvalue weighted by Crippen LogP contribution is 2.33. The first-order valence-electron chi connectivity index (χ1n) is 6.62. The molecule has 6 nitrogen and oxygen atoms in total. The summed E-state index contributed by atoms with van der Waals surface area (Å²) in [5.74, 6) is 0.254. The number of rotatable bonds is 3. The second-order valence-electron chi connectivity index (χ2n) is 4.76. The summed E-state index contributed by atoms with van der Waals surface area (Å²) >= 11 is 0. The van der Waals surface area contributed by atoms with Crippen LogP contribution in [0.3, 0.4) is 0 Å². The molecule has 1 aromatic carbocycles. The van der Waals surface area contributed by atoms with Crippen LogP contribution in [0.2, 0.25) is 0 Å². The van der Waals surface area contributed by atoms with Crippen molar-refractivity contribution in [2.24, 2.45) is 5.73 Å². The largest absolute Gasteiger partial charge is 0.368 e. The molecule has 0 saturated heterocycles. The van der Waals surface area contributed by atoms with E-state index in [2.05, 4.69) is 20.2 Å². The molecule has 0 amide bonds. The average molecular weight is 280 g/mol. The van der Waals surface area contributed by atoms with Gasteiger partial charge in [-0.3, -0.25) is 5.10 Å². The summed E-state index contributed by atoms with van der Waals surface area (Å²) < 4.78 is 0. The zero-order valence-corrected chi connectivity index (χ0v) is 11.7. The first-order chi connectivity index (χ1) is 10.2. The lowest BCUT2D eigenvalue weighted by Crippen LogP contribution is -1.99. The lowest BCUT2D eigenvalue weighted by atomic mass is 9.98. The maximum atomic E-state index is 5.82. The van der Waals surface area contributed by atoms with Crippen molar-refractivity contribution < 1.29 is 0 Å². The summed E-state index contributed by atoms with van der Waals surface area (Å²) in [5.41, 5.74) is 17.1. The summed E-state index contributed by atoms with van der Waals surface area (Å²) in [6.45, 7) is 2.42. The molecule has 0 aliphatic carbocycles. The maximum Gasteiger partial charge on any atom is 0.219 e. The number of aromatic nitrogens is 4. The number of hydrogen-bond donors (Lipinski definition) is 3. The van der Waals surface area contributed by atoms with Gasteiger partial charge in [-0.1, -0.05) is 24.3 Å². The lowest BCUT2D eigenvalue weighted by molar-refractivity contribution is 1.04. The number of H-pyrrole nitrogens is 1. The molecular weight excluding hydrogens is 264 g/mol. The van der Waals surface area contributed by atoms with Gasteiger partial charge in [-0.05, 0) is 12.5 Å². The molecule has 2 heterocycles. The Morgan fingerprint density at radius 2 is 1.86 bits per heavy atom. The zero-order chi connectivity index (χ0) is 14.8. The van der Waals surface area contributed by atoms with E-state index in [1.165, 1.54) is 0 Å². The van der Waals surface area contributed by atoms with Crippen LogP contribution in [0.15, 0.2) is 36.7 Å². The molecule has 0 spiro atoms. The van der Waals surface area contributed by atoms with Crippen molar-refractivity contribution in [1.82, 2.24) is 20.2 Å². The van der Waals surface area contributed by atoms with E-state index in [9.17, 15) is 0 Å². The van der Waals surface area contributed by atoms with E-state index >= 15 is 0 Å². The minimum absolute atomic E-state index is 0.254. The predicted molar refractivity (Wildman–Crippen MR) is 82.1 cm³/mol. The standard InChI is InChI=1S/C15H16N6/c1-9-13(11-7-18-15(17)19-8-11)14(21-20-9)12-5-3-2-4-10(12)6-16/h2-5,7-8H,6,16H2,1H3,(H,20,21)(H2,17,18,19). The smallest absolute Gasteiger partial charge is 0.219 e. The van der Waals surface area contributed by atoms with Gasteiger partial charge in [0.2, 0.25) is 5.95 Å². The molecule has 0 fully saturated rings. The van der Waals surface area contributed by atoms with Crippen molar-refractivity contribution in [3.8, 4) is 22.4 Å². The highest BCUT2D eigenvalue weighted by molar-refractivity contribution is 5.83. The predicted octanol–water partition coefficient (Wildman–Crippen LogP) is 1.88. The molecule has 5 N–H and O–H groups in total. The number of aryl methyl sites for hydroxylation is 1. The molecule has 0 atom stereocenters. The van der Waals surface area contributed by atoms with Gasteiger partial charge in [0.15, 0.2) is 0 Å². The number of nitrogen functional groups attached to an aromatic ring is 1. The summed E-state index contributed by atoms with van der Waals surface area (Å²) in [5, 5.41) is 7.45. The first-order valence-corrected chi connectivity index (χ1v) is 6.62. The average Bonchev–Trinajstić information content (AvgIpc) is 2.90. The number of hydrogen-bond acceptors (Lipinski definition) is 5. The minimum atomic E-state index is 0.254. The van der Waals surface area contributed by atoms with Gasteiger partial charge < -0.3 is 11.5 Å². The van der Waals surface area contributed by atoms with E-state index in [0.29, 0.717) is 6.54 Å². The van der Waals surface area contributed by atoms with Gasteiger partial charge in [0, 0.05) is 41.3 Å². The fourth-order valence-electron chi connectivity index (χ4n) is 2.37. The number of anilines is 1. The van der Waals surface area contributed by atoms with Gasteiger partial charge in [-0.15, -0.1) is 0 Å². The van der Waals surface area contributed by atoms with E-state index < -0.39 is 0 Å². The molecule has 0 aliphatic heterocycles. The molecule has 3 rings (SSSR count). The first kappa shape index (κ1) is 13.3. The van der Waals surface area contributed by atoms with Gasteiger partial charge in [0.05, 0.1) is 0 Å². The van der Waals surface area contributed by atoms with E-state index in [4.69, 9.17) is 11.5 Å². The molecule has 106 valence electrons. The van der Waals surface area contributed by atoms with E-state index in [1.54, 1.807) is 12.4 Å². The Morgan fingerprint density at radius 1 is 1.14 bits per heavy atom. The molecule has 21 heavy (non-hydrogen) atoms. The lowest BCUT2D eigenvalue weighted by Gasteiger charge is -2.08. The Balaban J connectivity index is 2.19. The molecule has 3 aromatic rings. The molecule has 0 radical (unpaired) electrons. The van der Waals surface area contributed by atoms with Crippen LogP contribution in [-0.4, -0.2) is 20.2 Å². The zero-order valence-electron chi connectivity index (χ0n) is 11.7. The summed E-state index contributed by atoms with van der Waals surface area (Å²) in [4.78, 5) is 8.11. The Bertz CT molecular complexity index is 760. The van der Waals surface area contributed by atoms with Crippen LogP contribution in [0.25, 0.3) is 22.4 Å². The summed E-state index contributed by atoms with van der Waals surface area (Å²) in [6, 6.07) is 7.96. The Kier molecular flexibility index (Phi) is 3.37. The number of nitrogens with two attached hydrogens (primary N) is 2. The van der Waals surface area contributed by atoms with Crippen LogP contribution in [0.4, 0.5) is 5.95 Å². The van der Waals surface area contributed by atoms with Crippen molar-refractivity contribution in [2.75, 3.05) is 5.73 Å². The molecule has 2 aromatic heterocycles. The van der Waals surface area contributed by atoms with Crippen molar-refractivity contribution in [2.45, 2.75) is 13.5 Å². The fourth-order valence-corrected chi connectivity index (χ4v) is 2.37. The number of benzene rings is 1. The minimum Gasteiger partial charge on any atom is -0.368 e. The van der Waals surface area contributed by atoms with Gasteiger partial charge in [-0.2, -0.15) is 5.10 Å². The van der Waals surface area contributed by atoms with Gasteiger partial charge >= 0.3 is 0 Å². The second-order valence-corrected chi connectivity index (χ2v) is 4.76. The Labute approximate surface area is 122 Å². The van der Waals surface area contributed by atoms with Crippen LogP contribution in [0.1, 0.15) is 11.3 Å². The normalized spacial score (nSPS) is 10.8. The van der Waals surface area contributed by atoms with Crippen molar-refractivity contribution in [3.05, 3.63) is 47.9 Å². The van der Waals surface area contributed by atoms with Gasteiger partial charge in [0.25, 0.3) is 0 Å². The SMILES string of the molecule is Cc1[nH]nc(-c2ccccc2CN)c1-c1cnc(N)nc1. The monoisotopic (exact) mass is 280 g/mol. The third-order valence-electron chi connectivity index (χ3n) is 3.40. The van der Waals surface area contributed by atoms with E-state index in [-0.39, 0.29) is 5.95 Å². The van der Waals surface area contributed by atoms with E-state index in [1.807, 2.05) is 31.2 Å². The molecule has 0 saturated carbocycles. The fraction of sp³-hybridized carbons (Fsp3) is 0.133. The van der Waals surface area contributed by atoms with Crippen LogP contribution >= 0.6 is 0 Å². The van der Waals surface area contributed by atoms with Gasteiger partial charge in [0.1, 0.15) is 5.69 Å². The summed E-state index contributed by atoms with van der Waals surface area (Å²) in [6.07, 6.45) is 3.41. The molecular formula is C15H16N6. The topological polar surface area (TPSA) is 106 Å². The maximum absolute atomic E-state index is 5.82. The second kappa shape index (κ2) is 5.34. The highest BCUT2D eigenvalue weighted by Gasteiger charge is 2.16. The number of nitrogens with one attached hydrogen (secondary N) is 1. The van der Waals surface area contributed by atoms with Crippen LogP contribution < -0.4 is 11.5 Å².